The van der Waals surface area contributed by atoms with E-state index in [0.717, 1.165) is 0 Å². The zero-order valence-electron chi connectivity index (χ0n) is 20.2. The van der Waals surface area contributed by atoms with Gasteiger partial charge in [-0.1, -0.05) is 38.1 Å². The SMILES string of the molecule is COc1ccc(/C=C(/NC(=O)c2ccc(OCC(C)C)cc2)C(=O)Nc2ccc(C(=O)[O-])cc2)cc1. The molecule has 0 saturated carbocycles. The van der Waals surface area contributed by atoms with Crippen LogP contribution in [0.1, 0.15) is 40.1 Å². The third kappa shape index (κ3) is 7.46. The van der Waals surface area contributed by atoms with Gasteiger partial charge in [0.2, 0.25) is 0 Å². The van der Waals surface area contributed by atoms with Gasteiger partial charge in [0.15, 0.2) is 0 Å². The number of rotatable bonds is 10. The monoisotopic (exact) mass is 487 g/mol. The molecule has 186 valence electrons. The minimum absolute atomic E-state index is 0.00530. The van der Waals surface area contributed by atoms with E-state index in [9.17, 15) is 19.5 Å². The Kier molecular flexibility index (Phi) is 8.83. The average Bonchev–Trinajstić information content (AvgIpc) is 2.88. The molecule has 0 saturated heterocycles. The number of ether oxygens (including phenoxy) is 2. The molecule has 0 fully saturated rings. The minimum Gasteiger partial charge on any atom is -0.545 e. The van der Waals surface area contributed by atoms with Crippen molar-refractivity contribution in [3.05, 3.63) is 95.2 Å². The van der Waals surface area contributed by atoms with Crippen LogP contribution in [0, 0.1) is 5.92 Å². The summed E-state index contributed by atoms with van der Waals surface area (Å²) in [6.07, 6.45) is 1.53. The summed E-state index contributed by atoms with van der Waals surface area (Å²) < 4.78 is 10.8. The molecule has 0 aromatic heterocycles. The van der Waals surface area contributed by atoms with E-state index in [0.29, 0.717) is 40.8 Å². The predicted molar refractivity (Wildman–Crippen MR) is 135 cm³/mol. The first kappa shape index (κ1) is 26.0. The maximum atomic E-state index is 13.1. The van der Waals surface area contributed by atoms with Crippen LogP contribution in [-0.2, 0) is 4.79 Å². The third-order valence-corrected chi connectivity index (χ3v) is 5.00. The Bertz CT molecular complexity index is 1230. The Morgan fingerprint density at radius 3 is 2.00 bits per heavy atom. The Morgan fingerprint density at radius 1 is 0.861 bits per heavy atom. The van der Waals surface area contributed by atoms with Gasteiger partial charge in [0.05, 0.1) is 19.7 Å². The van der Waals surface area contributed by atoms with Crippen molar-refractivity contribution in [1.82, 2.24) is 5.32 Å². The van der Waals surface area contributed by atoms with E-state index in [1.807, 2.05) is 13.8 Å². The predicted octanol–water partition coefficient (Wildman–Crippen LogP) is 3.50. The van der Waals surface area contributed by atoms with Gasteiger partial charge in [-0.3, -0.25) is 9.59 Å². The lowest BCUT2D eigenvalue weighted by atomic mass is 10.1. The number of carbonyl (C=O) groups excluding carboxylic acids is 3. The smallest absolute Gasteiger partial charge is 0.272 e. The number of carboxylic acids is 1. The van der Waals surface area contributed by atoms with Crippen molar-refractivity contribution in [2.75, 3.05) is 19.0 Å². The molecule has 3 rings (SSSR count). The summed E-state index contributed by atoms with van der Waals surface area (Å²) in [6, 6.07) is 19.1. The molecule has 0 aliphatic rings. The number of methoxy groups -OCH3 is 1. The quantitative estimate of drug-likeness (QED) is 0.423. The van der Waals surface area contributed by atoms with Crippen molar-refractivity contribution in [2.24, 2.45) is 5.92 Å². The van der Waals surface area contributed by atoms with Crippen LogP contribution in [-0.4, -0.2) is 31.5 Å². The highest BCUT2D eigenvalue weighted by molar-refractivity contribution is 6.10. The maximum absolute atomic E-state index is 13.1. The highest BCUT2D eigenvalue weighted by atomic mass is 16.5. The summed E-state index contributed by atoms with van der Waals surface area (Å²) in [4.78, 5) is 37.0. The summed E-state index contributed by atoms with van der Waals surface area (Å²) in [5.74, 6) is -0.721. The van der Waals surface area contributed by atoms with Gasteiger partial charge < -0.3 is 30.0 Å². The molecule has 0 bridgehead atoms. The number of carbonyl (C=O) groups is 3. The Hall–Kier alpha value is -4.59. The molecular formula is C28H27N2O6-. The van der Waals surface area contributed by atoms with Gasteiger partial charge >= 0.3 is 0 Å². The van der Waals surface area contributed by atoms with Crippen LogP contribution in [0.15, 0.2) is 78.5 Å². The second-order valence-electron chi connectivity index (χ2n) is 8.33. The molecule has 0 aliphatic carbocycles. The first-order chi connectivity index (χ1) is 17.2. The molecule has 0 spiro atoms. The van der Waals surface area contributed by atoms with Crippen LogP contribution in [0.4, 0.5) is 5.69 Å². The summed E-state index contributed by atoms with van der Waals surface area (Å²) in [5, 5.41) is 16.3. The molecular weight excluding hydrogens is 460 g/mol. The number of hydrogen-bond donors (Lipinski definition) is 2. The number of hydrogen-bond acceptors (Lipinski definition) is 6. The molecule has 2 amide bonds. The van der Waals surface area contributed by atoms with Crippen molar-refractivity contribution in [1.29, 1.82) is 0 Å². The fourth-order valence-electron chi connectivity index (χ4n) is 3.07. The van der Waals surface area contributed by atoms with Crippen molar-refractivity contribution in [2.45, 2.75) is 13.8 Å². The van der Waals surface area contributed by atoms with Gasteiger partial charge in [-0.05, 0) is 71.7 Å². The highest BCUT2D eigenvalue weighted by Crippen LogP contribution is 2.17. The summed E-state index contributed by atoms with van der Waals surface area (Å²) in [5.41, 5.74) is 1.33. The van der Waals surface area contributed by atoms with Crippen molar-refractivity contribution in [3.8, 4) is 11.5 Å². The van der Waals surface area contributed by atoms with Crippen molar-refractivity contribution in [3.63, 3.8) is 0 Å². The molecule has 36 heavy (non-hydrogen) atoms. The molecule has 0 unspecified atom stereocenters. The number of nitrogens with one attached hydrogen (secondary N) is 2. The van der Waals surface area contributed by atoms with Crippen LogP contribution < -0.4 is 25.2 Å². The molecule has 0 heterocycles. The number of benzene rings is 3. The Morgan fingerprint density at radius 2 is 1.44 bits per heavy atom. The number of carboxylic acid groups (broad SMARTS) is 1. The molecule has 0 radical (unpaired) electrons. The van der Waals surface area contributed by atoms with Gasteiger partial charge in [0, 0.05) is 11.3 Å². The van der Waals surface area contributed by atoms with E-state index in [1.165, 1.54) is 30.3 Å². The molecule has 8 heteroatoms. The minimum atomic E-state index is -1.32. The van der Waals surface area contributed by atoms with Crippen LogP contribution in [0.5, 0.6) is 11.5 Å². The summed E-state index contributed by atoms with van der Waals surface area (Å²) in [6.45, 7) is 4.65. The molecule has 3 aromatic rings. The molecule has 0 atom stereocenters. The first-order valence-corrected chi connectivity index (χ1v) is 11.3. The maximum Gasteiger partial charge on any atom is 0.272 e. The topological polar surface area (TPSA) is 117 Å². The van der Waals surface area contributed by atoms with Gasteiger partial charge in [-0.2, -0.15) is 0 Å². The number of aromatic carboxylic acids is 1. The highest BCUT2D eigenvalue weighted by Gasteiger charge is 2.16. The lowest BCUT2D eigenvalue weighted by molar-refractivity contribution is -0.255. The van der Waals surface area contributed by atoms with Gasteiger partial charge in [-0.25, -0.2) is 0 Å². The van der Waals surface area contributed by atoms with Crippen LogP contribution in [0.3, 0.4) is 0 Å². The third-order valence-electron chi connectivity index (χ3n) is 5.00. The van der Waals surface area contributed by atoms with Crippen LogP contribution in [0.25, 0.3) is 6.08 Å². The zero-order chi connectivity index (χ0) is 26.1. The lowest BCUT2D eigenvalue weighted by Gasteiger charge is -2.13. The van der Waals surface area contributed by atoms with Crippen molar-refractivity contribution >= 4 is 29.5 Å². The summed E-state index contributed by atoms with van der Waals surface area (Å²) >= 11 is 0. The molecule has 2 N–H and O–H groups in total. The van der Waals surface area contributed by atoms with Crippen LogP contribution >= 0.6 is 0 Å². The fraction of sp³-hybridized carbons (Fsp3) is 0.179. The van der Waals surface area contributed by atoms with Gasteiger partial charge in [0.1, 0.15) is 17.2 Å². The van der Waals surface area contributed by atoms with Crippen molar-refractivity contribution < 1.29 is 29.0 Å². The van der Waals surface area contributed by atoms with E-state index in [2.05, 4.69) is 10.6 Å². The number of amides is 2. The van der Waals surface area contributed by atoms with Gasteiger partial charge in [-0.15, -0.1) is 0 Å². The van der Waals surface area contributed by atoms with E-state index in [-0.39, 0.29) is 11.3 Å². The van der Waals surface area contributed by atoms with E-state index in [4.69, 9.17) is 9.47 Å². The van der Waals surface area contributed by atoms with E-state index >= 15 is 0 Å². The van der Waals surface area contributed by atoms with Gasteiger partial charge in [0.25, 0.3) is 11.8 Å². The largest absolute Gasteiger partial charge is 0.545 e. The summed E-state index contributed by atoms with van der Waals surface area (Å²) in [7, 11) is 1.55. The standard InChI is InChI=1S/C28H28N2O6/c1-18(2)17-36-24-14-8-20(9-15-24)26(31)30-25(16-19-4-12-23(35-3)13-5-19)27(32)29-22-10-6-21(7-11-22)28(33)34/h4-16,18H,17H2,1-3H3,(H,29,32)(H,30,31)(H,33,34)/p-1/b25-16+. The molecule has 8 nitrogen and oxygen atoms in total. The Labute approximate surface area is 209 Å². The second-order valence-corrected chi connectivity index (χ2v) is 8.33. The second kappa shape index (κ2) is 12.2. The van der Waals surface area contributed by atoms with E-state index < -0.39 is 17.8 Å². The fourth-order valence-corrected chi connectivity index (χ4v) is 3.07. The molecule has 0 aliphatic heterocycles. The Balaban J connectivity index is 1.81. The lowest BCUT2D eigenvalue weighted by Crippen LogP contribution is -2.30. The van der Waals surface area contributed by atoms with Crippen LogP contribution in [0.2, 0.25) is 0 Å². The molecule has 3 aromatic carbocycles. The number of anilines is 1. The normalized spacial score (nSPS) is 11.1. The van der Waals surface area contributed by atoms with E-state index in [1.54, 1.807) is 55.6 Å². The zero-order valence-corrected chi connectivity index (χ0v) is 20.2. The average molecular weight is 488 g/mol. The first-order valence-electron chi connectivity index (χ1n) is 11.3.